The number of hydrogen-bond donors (Lipinski definition) is 4. The van der Waals surface area contributed by atoms with Gasteiger partial charge in [0.05, 0.1) is 0 Å². The summed E-state index contributed by atoms with van der Waals surface area (Å²) in [6.45, 7) is 0.0922. The molecule has 3 rings (SSSR count). The minimum atomic E-state index is -1.30. The van der Waals surface area contributed by atoms with Crippen molar-refractivity contribution in [3.63, 3.8) is 0 Å². The van der Waals surface area contributed by atoms with Gasteiger partial charge >= 0.3 is 7.12 Å². The van der Waals surface area contributed by atoms with E-state index >= 15 is 0 Å². The summed E-state index contributed by atoms with van der Waals surface area (Å²) in [5, 5.41) is 21.7. The highest BCUT2D eigenvalue weighted by Gasteiger charge is 2.43. The number of unbranched alkanes of at least 4 members (excludes halogenated alkanes) is 1. The van der Waals surface area contributed by atoms with Gasteiger partial charge in [0.25, 0.3) is 0 Å². The normalized spacial score (nSPS) is 20.0. The van der Waals surface area contributed by atoms with Crippen molar-refractivity contribution < 1.29 is 23.6 Å². The first-order chi connectivity index (χ1) is 15.2. The first-order valence-corrected chi connectivity index (χ1v) is 11.3. The fourth-order valence-corrected chi connectivity index (χ4v) is 4.34. The second kappa shape index (κ2) is 11.1. The van der Waals surface area contributed by atoms with Gasteiger partial charge in [-0.1, -0.05) is 30.2 Å². The molecule has 0 radical (unpaired) electrons. The zero-order valence-corrected chi connectivity index (χ0v) is 18.9. The largest absolute Gasteiger partial charge is 0.451 e. The van der Waals surface area contributed by atoms with Crippen molar-refractivity contribution in [1.29, 1.82) is 0 Å². The highest BCUT2D eigenvalue weighted by atomic mass is 35.5. The summed E-state index contributed by atoms with van der Waals surface area (Å²) in [6.07, 6.45) is 3.80. The predicted molar refractivity (Wildman–Crippen MR) is 123 cm³/mol. The molecule has 2 aromatic rings. The van der Waals surface area contributed by atoms with Crippen LogP contribution >= 0.6 is 11.6 Å². The molecule has 9 heteroatoms. The van der Waals surface area contributed by atoms with Crippen LogP contribution in [0.5, 0.6) is 0 Å². The molecule has 0 saturated heterocycles. The van der Waals surface area contributed by atoms with Gasteiger partial charge in [-0.05, 0) is 67.4 Å². The van der Waals surface area contributed by atoms with E-state index in [4.69, 9.17) is 32.1 Å². The van der Waals surface area contributed by atoms with Crippen molar-refractivity contribution in [2.45, 2.75) is 56.7 Å². The summed E-state index contributed by atoms with van der Waals surface area (Å²) >= 11 is 5.88. The van der Waals surface area contributed by atoms with E-state index in [0.29, 0.717) is 35.3 Å². The van der Waals surface area contributed by atoms with Crippen LogP contribution in [0.25, 0.3) is 11.1 Å². The average molecular weight is 467 g/mol. The number of nitrogens with two attached hydrogens (primary N) is 1. The minimum Gasteiger partial charge on any atom is -0.427 e. The summed E-state index contributed by atoms with van der Waals surface area (Å²) in [5.74, 6) is -1.05. The molecule has 0 heterocycles. The van der Waals surface area contributed by atoms with Crippen LogP contribution in [-0.4, -0.2) is 36.0 Å². The van der Waals surface area contributed by atoms with Gasteiger partial charge in [-0.15, -0.1) is 0 Å². The second-order valence-electron chi connectivity index (χ2n) is 8.56. The maximum Gasteiger partial charge on any atom is 0.451 e. The van der Waals surface area contributed by atoms with Crippen LogP contribution in [0.4, 0.5) is 8.78 Å². The Balaban J connectivity index is 1.52. The Bertz CT molecular complexity index is 874. The van der Waals surface area contributed by atoms with Crippen LogP contribution in [0, 0.1) is 17.6 Å². The smallest absolute Gasteiger partial charge is 0.427 e. The molecule has 1 aliphatic rings. The maximum absolute atomic E-state index is 14.6. The van der Waals surface area contributed by atoms with Crippen molar-refractivity contribution in [2.75, 3.05) is 7.11 Å². The van der Waals surface area contributed by atoms with Gasteiger partial charge in [0.2, 0.25) is 0 Å². The van der Waals surface area contributed by atoms with E-state index < -0.39 is 24.5 Å². The average Bonchev–Trinajstić information content (AvgIpc) is 2.72. The molecule has 0 aromatic heterocycles. The quantitative estimate of drug-likeness (QED) is 0.227. The van der Waals surface area contributed by atoms with Crippen LogP contribution in [0.1, 0.15) is 37.7 Å². The SMILES string of the molecule is COC(N)(CCCCB(O)O)C1CC(NCc2c(F)cc(-c3ccc(Cl)cc3)cc2F)C1. The maximum atomic E-state index is 14.6. The number of halogens is 3. The van der Waals surface area contributed by atoms with Crippen molar-refractivity contribution in [2.24, 2.45) is 11.7 Å². The zero-order chi connectivity index (χ0) is 23.3. The van der Waals surface area contributed by atoms with Gasteiger partial charge in [0.1, 0.15) is 17.4 Å². The molecule has 1 saturated carbocycles. The Kier molecular flexibility index (Phi) is 8.66. The molecule has 0 bridgehead atoms. The van der Waals surface area contributed by atoms with Gasteiger partial charge < -0.3 is 25.8 Å². The molecule has 0 amide bonds. The van der Waals surface area contributed by atoms with Gasteiger partial charge in [0, 0.05) is 36.2 Å². The summed E-state index contributed by atoms with van der Waals surface area (Å²) in [5.41, 5.74) is 6.81. The van der Waals surface area contributed by atoms with Crippen molar-refractivity contribution in [1.82, 2.24) is 5.32 Å². The predicted octanol–water partition coefficient (Wildman–Crippen LogP) is 4.10. The Hall–Kier alpha value is -1.55. The minimum absolute atomic E-state index is 0.0134. The lowest BCUT2D eigenvalue weighted by atomic mass is 9.71. The van der Waals surface area contributed by atoms with Crippen molar-refractivity contribution in [3.8, 4) is 11.1 Å². The third-order valence-electron chi connectivity index (χ3n) is 6.38. The van der Waals surface area contributed by atoms with E-state index in [1.807, 2.05) is 0 Å². The summed E-state index contributed by atoms with van der Waals surface area (Å²) < 4.78 is 34.8. The molecule has 174 valence electrons. The number of nitrogens with one attached hydrogen (secondary N) is 1. The van der Waals surface area contributed by atoms with Gasteiger partial charge in [0.15, 0.2) is 0 Å². The Morgan fingerprint density at radius 3 is 2.31 bits per heavy atom. The van der Waals surface area contributed by atoms with E-state index in [9.17, 15) is 8.78 Å². The Morgan fingerprint density at radius 1 is 1.12 bits per heavy atom. The lowest BCUT2D eigenvalue weighted by Gasteiger charge is -2.46. The topological polar surface area (TPSA) is 87.7 Å². The molecular weight excluding hydrogens is 437 g/mol. The molecule has 1 fully saturated rings. The number of methoxy groups -OCH3 is 1. The molecule has 0 aliphatic heterocycles. The van der Waals surface area contributed by atoms with Crippen LogP contribution in [0.3, 0.4) is 0 Å². The summed E-state index contributed by atoms with van der Waals surface area (Å²) in [6, 6.07) is 9.60. The highest BCUT2D eigenvalue weighted by Crippen LogP contribution is 2.39. The van der Waals surface area contributed by atoms with Crippen LogP contribution < -0.4 is 11.1 Å². The van der Waals surface area contributed by atoms with Gasteiger partial charge in [-0.2, -0.15) is 0 Å². The number of hydrogen-bond acceptors (Lipinski definition) is 5. The standard InChI is InChI=1S/C23H30BClF2N2O3/c1-32-23(28,8-2-3-9-24(30)31)17-12-19(13-17)29-14-20-21(26)10-16(11-22(20)27)15-4-6-18(25)7-5-15/h4-7,10-11,17,19,29-31H,2-3,8-9,12-14,28H2,1H3. The molecule has 1 aliphatic carbocycles. The van der Waals surface area contributed by atoms with E-state index in [1.54, 1.807) is 31.4 Å². The van der Waals surface area contributed by atoms with Crippen LogP contribution in [0.2, 0.25) is 11.3 Å². The number of benzene rings is 2. The Morgan fingerprint density at radius 2 is 1.75 bits per heavy atom. The number of rotatable bonds is 11. The van der Waals surface area contributed by atoms with E-state index in [-0.39, 0.29) is 24.1 Å². The molecule has 5 N–H and O–H groups in total. The molecule has 1 atom stereocenters. The van der Waals surface area contributed by atoms with Gasteiger partial charge in [-0.3, -0.25) is 0 Å². The molecule has 1 unspecified atom stereocenters. The molecule has 32 heavy (non-hydrogen) atoms. The summed E-state index contributed by atoms with van der Waals surface area (Å²) in [4.78, 5) is 0. The van der Waals surface area contributed by atoms with Crippen molar-refractivity contribution >= 4 is 18.7 Å². The van der Waals surface area contributed by atoms with Crippen LogP contribution in [-0.2, 0) is 11.3 Å². The fourth-order valence-electron chi connectivity index (χ4n) is 4.21. The lowest BCUT2D eigenvalue weighted by molar-refractivity contribution is -0.0953. The summed E-state index contributed by atoms with van der Waals surface area (Å²) in [7, 11) is 0.275. The molecular formula is C23H30BClF2N2O3. The van der Waals surface area contributed by atoms with E-state index in [0.717, 1.165) is 19.3 Å². The zero-order valence-electron chi connectivity index (χ0n) is 18.2. The monoisotopic (exact) mass is 466 g/mol. The Labute approximate surface area is 193 Å². The highest BCUT2D eigenvalue weighted by molar-refractivity contribution is 6.40. The third kappa shape index (κ3) is 6.28. The molecule has 0 spiro atoms. The van der Waals surface area contributed by atoms with Crippen molar-refractivity contribution in [3.05, 3.63) is 58.6 Å². The van der Waals surface area contributed by atoms with Gasteiger partial charge in [-0.25, -0.2) is 8.78 Å². The van der Waals surface area contributed by atoms with E-state index in [2.05, 4.69) is 5.32 Å². The van der Waals surface area contributed by atoms with E-state index in [1.165, 1.54) is 12.1 Å². The second-order valence-corrected chi connectivity index (χ2v) is 8.99. The first-order valence-electron chi connectivity index (χ1n) is 10.9. The third-order valence-corrected chi connectivity index (χ3v) is 6.63. The molecule has 5 nitrogen and oxygen atoms in total. The van der Waals surface area contributed by atoms with Crippen LogP contribution in [0.15, 0.2) is 36.4 Å². The number of ether oxygens (including phenoxy) is 1. The molecule has 2 aromatic carbocycles. The lowest BCUT2D eigenvalue weighted by Crippen LogP contribution is -2.57. The first kappa shape index (κ1) is 25.1. The fraction of sp³-hybridized carbons (Fsp3) is 0.478.